The number of rotatable bonds is 7. The molecular formula is C23H27N7O. The van der Waals surface area contributed by atoms with Crippen LogP contribution in [0.3, 0.4) is 0 Å². The predicted octanol–water partition coefficient (Wildman–Crippen LogP) is 3.28. The van der Waals surface area contributed by atoms with Crippen LogP contribution in [0.4, 0.5) is 17.2 Å². The summed E-state index contributed by atoms with van der Waals surface area (Å²) in [6.07, 6.45) is 6.96. The van der Waals surface area contributed by atoms with Gasteiger partial charge in [-0.25, -0.2) is 15.0 Å². The first-order valence-electron chi connectivity index (χ1n) is 10.5. The third-order valence-electron chi connectivity index (χ3n) is 5.39. The minimum Gasteiger partial charge on any atom is -0.351 e. The van der Waals surface area contributed by atoms with Crippen LogP contribution in [0.15, 0.2) is 48.0 Å². The van der Waals surface area contributed by atoms with Crippen LogP contribution in [-0.4, -0.2) is 44.5 Å². The molecule has 3 aromatic rings. The van der Waals surface area contributed by atoms with E-state index in [9.17, 15) is 4.79 Å². The summed E-state index contributed by atoms with van der Waals surface area (Å²) >= 11 is 0. The molecule has 0 unspecified atom stereocenters. The maximum atomic E-state index is 12.6. The lowest BCUT2D eigenvalue weighted by Gasteiger charge is -2.21. The van der Waals surface area contributed by atoms with E-state index in [0.717, 1.165) is 43.1 Å². The van der Waals surface area contributed by atoms with E-state index in [2.05, 4.69) is 55.4 Å². The Balaban J connectivity index is 1.49. The van der Waals surface area contributed by atoms with E-state index in [4.69, 9.17) is 0 Å². The van der Waals surface area contributed by atoms with Crippen molar-refractivity contribution in [1.82, 2.24) is 25.1 Å². The van der Waals surface area contributed by atoms with E-state index in [1.54, 1.807) is 19.4 Å². The molecule has 4 rings (SSSR count). The van der Waals surface area contributed by atoms with Gasteiger partial charge in [0.1, 0.15) is 17.7 Å². The van der Waals surface area contributed by atoms with Crippen LogP contribution < -0.4 is 10.2 Å². The zero-order chi connectivity index (χ0) is 21.8. The van der Waals surface area contributed by atoms with Crippen molar-refractivity contribution in [2.45, 2.75) is 40.2 Å². The van der Waals surface area contributed by atoms with E-state index in [-0.39, 0.29) is 5.91 Å². The largest absolute Gasteiger partial charge is 0.351 e. The molecule has 0 spiro atoms. The van der Waals surface area contributed by atoms with Gasteiger partial charge in [0.15, 0.2) is 5.82 Å². The Morgan fingerprint density at radius 2 is 2.13 bits per heavy atom. The Kier molecular flexibility index (Phi) is 6.06. The molecule has 31 heavy (non-hydrogen) atoms. The number of aryl methyl sites for hydroxylation is 3. The smallest absolute Gasteiger partial charge is 0.265 e. The second-order valence-electron chi connectivity index (χ2n) is 7.74. The molecule has 160 valence electrons. The third kappa shape index (κ3) is 4.63. The van der Waals surface area contributed by atoms with Gasteiger partial charge in [-0.2, -0.15) is 5.10 Å². The second-order valence-corrected chi connectivity index (χ2v) is 7.74. The fourth-order valence-corrected chi connectivity index (χ4v) is 3.76. The third-order valence-corrected chi connectivity index (χ3v) is 5.39. The average Bonchev–Trinajstić information content (AvgIpc) is 3.42. The molecule has 1 N–H and O–H groups in total. The molecule has 0 bridgehead atoms. The van der Waals surface area contributed by atoms with Gasteiger partial charge in [-0.05, 0) is 51.3 Å². The highest BCUT2D eigenvalue weighted by molar-refractivity contribution is 6.38. The standard InChI is InChI=1S/C23H27N7O/c1-16-6-7-20-19(14-16)8-13-30(20)22-21(17(2)25-15-26-22)28-18(3)23(31)24-9-4-11-29-12-5-10-27-29/h5-7,10,12,14-15H,4,8-9,11,13H2,1-3H3,(H,24,31)/b28-18+. The average molecular weight is 418 g/mol. The fraction of sp³-hybridized carbons (Fsp3) is 0.348. The summed E-state index contributed by atoms with van der Waals surface area (Å²) in [4.78, 5) is 28.2. The molecule has 3 heterocycles. The van der Waals surface area contributed by atoms with Crippen LogP contribution in [0.1, 0.15) is 30.2 Å². The monoisotopic (exact) mass is 417 g/mol. The summed E-state index contributed by atoms with van der Waals surface area (Å²) < 4.78 is 1.85. The number of fused-ring (bicyclic) bond motifs is 1. The molecule has 0 saturated carbocycles. The summed E-state index contributed by atoms with van der Waals surface area (Å²) in [5.74, 6) is 0.549. The van der Waals surface area contributed by atoms with Gasteiger partial charge in [0.2, 0.25) is 0 Å². The molecule has 2 aromatic heterocycles. The summed E-state index contributed by atoms with van der Waals surface area (Å²) in [6.45, 7) is 7.86. The molecule has 1 aliphatic heterocycles. The molecule has 1 amide bonds. The van der Waals surface area contributed by atoms with E-state index < -0.39 is 0 Å². The van der Waals surface area contributed by atoms with Gasteiger partial charge in [-0.3, -0.25) is 9.48 Å². The van der Waals surface area contributed by atoms with Crippen LogP contribution in [0.25, 0.3) is 0 Å². The highest BCUT2D eigenvalue weighted by Gasteiger charge is 2.25. The summed E-state index contributed by atoms with van der Waals surface area (Å²) in [5, 5.41) is 7.09. The highest BCUT2D eigenvalue weighted by Crippen LogP contribution is 2.39. The molecule has 8 nitrogen and oxygen atoms in total. The summed E-state index contributed by atoms with van der Waals surface area (Å²) in [6, 6.07) is 8.34. The Morgan fingerprint density at radius 3 is 2.94 bits per heavy atom. The van der Waals surface area contributed by atoms with Crippen molar-refractivity contribution in [3.63, 3.8) is 0 Å². The first-order valence-corrected chi connectivity index (χ1v) is 10.5. The molecule has 1 aliphatic rings. The topological polar surface area (TPSA) is 88.3 Å². The number of aliphatic imine (C=N–C) groups is 1. The lowest BCUT2D eigenvalue weighted by molar-refractivity contribution is -0.114. The maximum absolute atomic E-state index is 12.6. The SMILES string of the molecule is C/C(=N\c1c(C)ncnc1N1CCc2cc(C)ccc21)C(=O)NCCCn1cccn1. The van der Waals surface area contributed by atoms with Crippen LogP contribution in [0.2, 0.25) is 0 Å². The highest BCUT2D eigenvalue weighted by atomic mass is 16.1. The van der Waals surface area contributed by atoms with Gasteiger partial charge in [0, 0.05) is 37.7 Å². The van der Waals surface area contributed by atoms with Gasteiger partial charge >= 0.3 is 0 Å². The molecule has 0 saturated heterocycles. The van der Waals surface area contributed by atoms with E-state index in [1.165, 1.54) is 11.1 Å². The molecular weight excluding hydrogens is 390 g/mol. The summed E-state index contributed by atoms with van der Waals surface area (Å²) in [7, 11) is 0. The zero-order valence-corrected chi connectivity index (χ0v) is 18.2. The number of benzene rings is 1. The number of nitrogens with one attached hydrogen (secondary N) is 1. The number of carbonyl (C=O) groups is 1. The number of aromatic nitrogens is 4. The quantitative estimate of drug-likeness (QED) is 0.471. The first-order chi connectivity index (χ1) is 15.0. The fourth-order valence-electron chi connectivity index (χ4n) is 3.76. The number of hydrogen-bond donors (Lipinski definition) is 1. The van der Waals surface area contributed by atoms with Crippen LogP contribution in [0, 0.1) is 13.8 Å². The van der Waals surface area contributed by atoms with Crippen molar-refractivity contribution in [2.24, 2.45) is 4.99 Å². The molecule has 0 radical (unpaired) electrons. The van der Waals surface area contributed by atoms with Crippen molar-refractivity contribution in [1.29, 1.82) is 0 Å². The lowest BCUT2D eigenvalue weighted by atomic mass is 10.1. The zero-order valence-electron chi connectivity index (χ0n) is 18.2. The molecule has 1 aromatic carbocycles. The predicted molar refractivity (Wildman–Crippen MR) is 121 cm³/mol. The van der Waals surface area contributed by atoms with Crippen molar-refractivity contribution >= 4 is 28.8 Å². The minimum absolute atomic E-state index is 0.188. The first kappa shape index (κ1) is 20.7. The van der Waals surface area contributed by atoms with Crippen LogP contribution in [0.5, 0.6) is 0 Å². The van der Waals surface area contributed by atoms with Crippen molar-refractivity contribution < 1.29 is 4.79 Å². The number of amides is 1. The molecule has 8 heteroatoms. The summed E-state index contributed by atoms with van der Waals surface area (Å²) in [5.41, 5.74) is 5.47. The second kappa shape index (κ2) is 9.07. The van der Waals surface area contributed by atoms with E-state index in [1.807, 2.05) is 23.9 Å². The molecule has 0 atom stereocenters. The van der Waals surface area contributed by atoms with Gasteiger partial charge in [-0.1, -0.05) is 17.7 Å². The van der Waals surface area contributed by atoms with Crippen molar-refractivity contribution in [3.8, 4) is 0 Å². The van der Waals surface area contributed by atoms with Crippen LogP contribution >= 0.6 is 0 Å². The maximum Gasteiger partial charge on any atom is 0.265 e. The normalized spacial score (nSPS) is 13.4. The van der Waals surface area contributed by atoms with Crippen molar-refractivity contribution in [3.05, 3.63) is 59.8 Å². The van der Waals surface area contributed by atoms with Crippen LogP contribution in [-0.2, 0) is 17.8 Å². The van der Waals surface area contributed by atoms with Crippen molar-refractivity contribution in [2.75, 3.05) is 18.0 Å². The lowest BCUT2D eigenvalue weighted by Crippen LogP contribution is -2.30. The number of nitrogens with zero attached hydrogens (tertiary/aromatic N) is 6. The van der Waals surface area contributed by atoms with Gasteiger partial charge in [0.05, 0.1) is 5.69 Å². The molecule has 0 fully saturated rings. The minimum atomic E-state index is -0.188. The Bertz CT molecular complexity index is 1110. The van der Waals surface area contributed by atoms with E-state index >= 15 is 0 Å². The van der Waals surface area contributed by atoms with E-state index in [0.29, 0.717) is 17.9 Å². The number of anilines is 2. The van der Waals surface area contributed by atoms with Gasteiger partial charge < -0.3 is 10.2 Å². The Morgan fingerprint density at radius 1 is 1.26 bits per heavy atom. The number of hydrogen-bond acceptors (Lipinski definition) is 6. The Hall–Kier alpha value is -3.55. The molecule has 0 aliphatic carbocycles. The van der Waals surface area contributed by atoms with Gasteiger partial charge in [0.25, 0.3) is 5.91 Å². The Labute approximate surface area is 182 Å². The number of carbonyl (C=O) groups excluding carboxylic acids is 1. The van der Waals surface area contributed by atoms with Gasteiger partial charge in [-0.15, -0.1) is 0 Å².